The van der Waals surface area contributed by atoms with E-state index < -0.39 is 0 Å². The summed E-state index contributed by atoms with van der Waals surface area (Å²) in [4.78, 5) is 2.31. The average molecular weight is 159 g/mol. The van der Waals surface area contributed by atoms with Crippen molar-refractivity contribution >= 4 is 0 Å². The van der Waals surface area contributed by atoms with E-state index in [2.05, 4.69) is 18.9 Å². The van der Waals surface area contributed by atoms with Crippen LogP contribution in [0.4, 0.5) is 0 Å². The summed E-state index contributed by atoms with van der Waals surface area (Å²) in [5.41, 5.74) is 0. The van der Waals surface area contributed by atoms with Crippen LogP contribution in [0.5, 0.6) is 0 Å². The SMILES string of the molecule is CCCCN(C)CCN(C)N. The number of hydrogen-bond acceptors (Lipinski definition) is 3. The molecule has 0 heterocycles. The summed E-state index contributed by atoms with van der Waals surface area (Å²) in [7, 11) is 4.03. The Morgan fingerprint density at radius 1 is 1.09 bits per heavy atom. The fraction of sp³-hybridized carbons (Fsp3) is 1.00. The molecule has 2 N–H and O–H groups in total. The average Bonchev–Trinajstić information content (AvgIpc) is 1.97. The van der Waals surface area contributed by atoms with Crippen LogP contribution in [0.25, 0.3) is 0 Å². The maximum Gasteiger partial charge on any atom is 0.0253 e. The molecule has 0 rings (SSSR count). The van der Waals surface area contributed by atoms with Crippen LogP contribution in [-0.4, -0.2) is 43.6 Å². The number of hydrogen-bond donors (Lipinski definition) is 1. The van der Waals surface area contributed by atoms with E-state index in [4.69, 9.17) is 5.84 Å². The fourth-order valence-electron chi connectivity index (χ4n) is 0.868. The molecule has 0 aromatic rings. The predicted molar refractivity (Wildman–Crippen MR) is 49.2 cm³/mol. The maximum atomic E-state index is 5.48. The molecule has 0 saturated carbocycles. The lowest BCUT2D eigenvalue weighted by Crippen LogP contribution is -2.35. The quantitative estimate of drug-likeness (QED) is 0.453. The Labute approximate surface area is 70.1 Å². The van der Waals surface area contributed by atoms with Crippen molar-refractivity contribution in [1.82, 2.24) is 9.91 Å². The van der Waals surface area contributed by atoms with Crippen molar-refractivity contribution in [2.45, 2.75) is 19.8 Å². The van der Waals surface area contributed by atoms with Gasteiger partial charge in [0.25, 0.3) is 0 Å². The van der Waals surface area contributed by atoms with E-state index in [-0.39, 0.29) is 0 Å². The van der Waals surface area contributed by atoms with Gasteiger partial charge in [-0.1, -0.05) is 13.3 Å². The Morgan fingerprint density at radius 3 is 2.18 bits per heavy atom. The van der Waals surface area contributed by atoms with E-state index in [1.807, 2.05) is 7.05 Å². The molecule has 0 fully saturated rings. The molecule has 11 heavy (non-hydrogen) atoms. The summed E-state index contributed by atoms with van der Waals surface area (Å²) < 4.78 is 0. The van der Waals surface area contributed by atoms with Crippen molar-refractivity contribution < 1.29 is 0 Å². The van der Waals surface area contributed by atoms with Crippen LogP contribution in [0.3, 0.4) is 0 Å². The van der Waals surface area contributed by atoms with Crippen LogP contribution in [0.15, 0.2) is 0 Å². The van der Waals surface area contributed by atoms with Gasteiger partial charge in [0.2, 0.25) is 0 Å². The smallest absolute Gasteiger partial charge is 0.0253 e. The Morgan fingerprint density at radius 2 is 1.73 bits per heavy atom. The highest BCUT2D eigenvalue weighted by atomic mass is 15.4. The topological polar surface area (TPSA) is 32.5 Å². The molecule has 0 atom stereocenters. The fourth-order valence-corrected chi connectivity index (χ4v) is 0.868. The van der Waals surface area contributed by atoms with E-state index in [0.717, 1.165) is 13.1 Å². The lowest BCUT2D eigenvalue weighted by atomic mass is 10.3. The number of hydrazine groups is 1. The molecule has 3 nitrogen and oxygen atoms in total. The van der Waals surface area contributed by atoms with Gasteiger partial charge in [0.15, 0.2) is 0 Å². The summed E-state index contributed by atoms with van der Waals surface area (Å²) in [6, 6.07) is 0. The van der Waals surface area contributed by atoms with Crippen molar-refractivity contribution in [2.24, 2.45) is 5.84 Å². The number of nitrogens with zero attached hydrogens (tertiary/aromatic N) is 2. The van der Waals surface area contributed by atoms with Gasteiger partial charge in [0.05, 0.1) is 0 Å². The first-order chi connectivity index (χ1) is 5.16. The second kappa shape index (κ2) is 6.58. The Bertz CT molecular complexity index is 83.4. The molecule has 3 heteroatoms. The van der Waals surface area contributed by atoms with Gasteiger partial charge in [-0.3, -0.25) is 5.84 Å². The largest absolute Gasteiger partial charge is 0.305 e. The monoisotopic (exact) mass is 159 g/mol. The molecule has 0 radical (unpaired) electrons. The molecule has 0 aromatic heterocycles. The summed E-state index contributed by atoms with van der Waals surface area (Å²) in [6.45, 7) is 5.40. The minimum atomic E-state index is 0.945. The third kappa shape index (κ3) is 7.78. The van der Waals surface area contributed by atoms with E-state index >= 15 is 0 Å². The second-order valence-corrected chi connectivity index (χ2v) is 3.14. The summed E-state index contributed by atoms with van der Waals surface area (Å²) >= 11 is 0. The van der Waals surface area contributed by atoms with Crippen LogP contribution in [0.2, 0.25) is 0 Å². The molecular formula is C8H21N3. The van der Waals surface area contributed by atoms with Gasteiger partial charge >= 0.3 is 0 Å². The van der Waals surface area contributed by atoms with E-state index in [0.29, 0.717) is 0 Å². The first-order valence-corrected chi connectivity index (χ1v) is 4.31. The van der Waals surface area contributed by atoms with E-state index in [1.54, 1.807) is 5.01 Å². The minimum Gasteiger partial charge on any atom is -0.305 e. The minimum absolute atomic E-state index is 0.945. The molecule has 0 unspecified atom stereocenters. The van der Waals surface area contributed by atoms with Crippen molar-refractivity contribution in [1.29, 1.82) is 0 Å². The van der Waals surface area contributed by atoms with Gasteiger partial charge in [-0.2, -0.15) is 0 Å². The van der Waals surface area contributed by atoms with E-state index in [9.17, 15) is 0 Å². The lowest BCUT2D eigenvalue weighted by Gasteiger charge is -2.18. The zero-order valence-corrected chi connectivity index (χ0v) is 8.01. The Hall–Kier alpha value is -0.120. The molecule has 68 valence electrons. The molecule has 0 aliphatic carbocycles. The van der Waals surface area contributed by atoms with Gasteiger partial charge in [-0.05, 0) is 20.0 Å². The molecule has 0 bridgehead atoms. The first-order valence-electron chi connectivity index (χ1n) is 4.31. The highest BCUT2D eigenvalue weighted by Crippen LogP contribution is 1.90. The second-order valence-electron chi connectivity index (χ2n) is 3.14. The lowest BCUT2D eigenvalue weighted by molar-refractivity contribution is 0.258. The summed E-state index contributed by atoms with van der Waals surface area (Å²) in [6.07, 6.45) is 2.55. The summed E-state index contributed by atoms with van der Waals surface area (Å²) in [5.74, 6) is 5.48. The third-order valence-electron chi connectivity index (χ3n) is 1.73. The zero-order valence-electron chi connectivity index (χ0n) is 8.01. The third-order valence-corrected chi connectivity index (χ3v) is 1.73. The first kappa shape index (κ1) is 10.9. The van der Waals surface area contributed by atoms with Crippen LogP contribution in [0, 0.1) is 0 Å². The van der Waals surface area contributed by atoms with Gasteiger partial charge in [-0.25, -0.2) is 5.01 Å². The van der Waals surface area contributed by atoms with Gasteiger partial charge in [0.1, 0.15) is 0 Å². The Kier molecular flexibility index (Phi) is 6.51. The number of likely N-dealkylation sites (N-methyl/N-ethyl adjacent to an activating group) is 2. The van der Waals surface area contributed by atoms with Crippen LogP contribution in [0.1, 0.15) is 19.8 Å². The molecule has 0 saturated heterocycles. The highest BCUT2D eigenvalue weighted by Gasteiger charge is 1.97. The molecule has 0 aliphatic rings. The molecular weight excluding hydrogens is 138 g/mol. The number of unbranched alkanes of at least 4 members (excludes halogenated alkanes) is 1. The maximum absolute atomic E-state index is 5.48. The van der Waals surface area contributed by atoms with Crippen molar-refractivity contribution in [3.8, 4) is 0 Å². The summed E-state index contributed by atoms with van der Waals surface area (Å²) in [5, 5.41) is 1.72. The molecule has 0 aromatic carbocycles. The van der Waals surface area contributed by atoms with Gasteiger partial charge < -0.3 is 4.90 Å². The predicted octanol–water partition coefficient (Wildman–Crippen LogP) is 0.524. The van der Waals surface area contributed by atoms with Crippen molar-refractivity contribution in [2.75, 3.05) is 33.7 Å². The van der Waals surface area contributed by atoms with Crippen LogP contribution >= 0.6 is 0 Å². The van der Waals surface area contributed by atoms with Crippen LogP contribution in [-0.2, 0) is 0 Å². The molecule has 0 aliphatic heterocycles. The van der Waals surface area contributed by atoms with Crippen molar-refractivity contribution in [3.05, 3.63) is 0 Å². The van der Waals surface area contributed by atoms with Gasteiger partial charge in [-0.15, -0.1) is 0 Å². The number of nitrogens with two attached hydrogens (primary N) is 1. The highest BCUT2D eigenvalue weighted by molar-refractivity contribution is 4.52. The van der Waals surface area contributed by atoms with E-state index in [1.165, 1.54) is 19.4 Å². The number of rotatable bonds is 6. The standard InChI is InChI=1S/C8H21N3/c1-4-5-6-10(2)7-8-11(3)9/h4-9H2,1-3H3. The van der Waals surface area contributed by atoms with Gasteiger partial charge in [0, 0.05) is 20.1 Å². The normalized spacial score (nSPS) is 11.5. The molecule has 0 amide bonds. The zero-order chi connectivity index (χ0) is 8.69. The van der Waals surface area contributed by atoms with Crippen molar-refractivity contribution in [3.63, 3.8) is 0 Å². The van der Waals surface area contributed by atoms with Crippen LogP contribution < -0.4 is 5.84 Å². The molecule has 0 spiro atoms. The Balaban J connectivity index is 3.15.